The topological polar surface area (TPSA) is 32.8 Å². The second-order valence-corrected chi connectivity index (χ2v) is 11.8. The molecule has 0 unspecified atom stereocenters. The molecule has 0 saturated carbocycles. The number of nitrogens with zero attached hydrogens (tertiary/aromatic N) is 2. The van der Waals surface area contributed by atoms with Gasteiger partial charge < -0.3 is 9.64 Å². The number of hydrogen-bond acceptors (Lipinski definition) is 3. The summed E-state index contributed by atoms with van der Waals surface area (Å²) >= 11 is 0. The summed E-state index contributed by atoms with van der Waals surface area (Å²) in [5.41, 5.74) is 3.42. The number of carbonyl (C=O) groups excluding carboxylic acids is 1. The second-order valence-electron chi connectivity index (χ2n) is 11.8. The highest BCUT2D eigenvalue weighted by Gasteiger charge is 2.32. The van der Waals surface area contributed by atoms with Gasteiger partial charge in [-0.1, -0.05) is 65.8 Å². The third-order valence-electron chi connectivity index (χ3n) is 6.74. The Balaban J connectivity index is 1.65. The zero-order valence-corrected chi connectivity index (χ0v) is 22.1. The van der Waals surface area contributed by atoms with Gasteiger partial charge in [0.25, 0.3) is 5.91 Å². The zero-order chi connectivity index (χ0) is 25.3. The van der Waals surface area contributed by atoms with Gasteiger partial charge in [-0.15, -0.1) is 0 Å². The number of piperazine rings is 1. The van der Waals surface area contributed by atoms with Gasteiger partial charge in [0.2, 0.25) is 0 Å². The van der Waals surface area contributed by atoms with Crippen LogP contribution in [0.15, 0.2) is 42.5 Å². The predicted octanol–water partition coefficient (Wildman–Crippen LogP) is 5.92. The average molecular weight is 469 g/mol. The van der Waals surface area contributed by atoms with Crippen molar-refractivity contribution in [3.05, 3.63) is 65.0 Å². The molecule has 1 saturated heterocycles. The van der Waals surface area contributed by atoms with E-state index in [4.69, 9.17) is 4.74 Å². The third-order valence-corrected chi connectivity index (χ3v) is 6.74. The Bertz CT molecular complexity index is 989. The van der Waals surface area contributed by atoms with Gasteiger partial charge in [0.1, 0.15) is 11.6 Å². The molecule has 3 rings (SSSR count). The minimum atomic E-state index is -0.219. The largest absolute Gasteiger partial charge is 0.483 e. The molecule has 1 aliphatic rings. The average Bonchev–Trinajstić information content (AvgIpc) is 2.74. The second kappa shape index (κ2) is 10.1. The van der Waals surface area contributed by atoms with E-state index >= 15 is 0 Å². The highest BCUT2D eigenvalue weighted by atomic mass is 19.1. The first-order chi connectivity index (χ1) is 15.8. The van der Waals surface area contributed by atoms with Crippen molar-refractivity contribution in [2.24, 2.45) is 0 Å². The molecule has 0 N–H and O–H groups in total. The van der Waals surface area contributed by atoms with E-state index in [2.05, 4.69) is 72.4 Å². The Morgan fingerprint density at radius 1 is 0.941 bits per heavy atom. The molecular formula is C29H41FN2O2. The molecule has 2 aromatic rings. The van der Waals surface area contributed by atoms with Crippen molar-refractivity contribution >= 4 is 5.91 Å². The van der Waals surface area contributed by atoms with Gasteiger partial charge in [-0.2, -0.15) is 0 Å². The van der Waals surface area contributed by atoms with Crippen molar-refractivity contribution in [3.63, 3.8) is 0 Å². The molecule has 0 spiro atoms. The van der Waals surface area contributed by atoms with E-state index in [0.29, 0.717) is 6.54 Å². The van der Waals surface area contributed by atoms with Crippen LogP contribution in [0.2, 0.25) is 0 Å². The van der Waals surface area contributed by atoms with Crippen LogP contribution in [-0.2, 0) is 22.2 Å². The van der Waals surface area contributed by atoms with Crippen molar-refractivity contribution in [2.45, 2.75) is 84.8 Å². The van der Waals surface area contributed by atoms with Crippen LogP contribution >= 0.6 is 0 Å². The Hall–Kier alpha value is -2.40. The van der Waals surface area contributed by atoms with Gasteiger partial charge in [-0.25, -0.2) is 4.39 Å². The summed E-state index contributed by atoms with van der Waals surface area (Å²) in [7, 11) is 0. The molecule has 0 bridgehead atoms. The molecule has 4 nitrogen and oxygen atoms in total. The first-order valence-electron chi connectivity index (χ1n) is 12.3. The number of carbonyl (C=O) groups is 1. The van der Waals surface area contributed by atoms with Gasteiger partial charge in [0.15, 0.2) is 6.61 Å². The molecule has 1 fully saturated rings. The molecule has 34 heavy (non-hydrogen) atoms. The van der Waals surface area contributed by atoms with Crippen molar-refractivity contribution in [1.29, 1.82) is 0 Å². The van der Waals surface area contributed by atoms with Crippen LogP contribution < -0.4 is 4.74 Å². The molecule has 1 aliphatic heterocycles. The minimum absolute atomic E-state index is 0.0144. The summed E-state index contributed by atoms with van der Waals surface area (Å²) < 4.78 is 19.4. The quantitative estimate of drug-likeness (QED) is 0.546. The van der Waals surface area contributed by atoms with Crippen molar-refractivity contribution in [2.75, 3.05) is 19.7 Å². The Kier molecular flexibility index (Phi) is 7.76. The maximum atomic E-state index is 13.2. The van der Waals surface area contributed by atoms with Crippen molar-refractivity contribution in [1.82, 2.24) is 9.80 Å². The highest BCUT2D eigenvalue weighted by molar-refractivity contribution is 5.78. The lowest BCUT2D eigenvalue weighted by Crippen LogP contribution is -2.58. The van der Waals surface area contributed by atoms with E-state index < -0.39 is 0 Å². The lowest BCUT2D eigenvalue weighted by atomic mass is 9.80. The fraction of sp³-hybridized carbons (Fsp3) is 0.552. The Labute approximate surface area is 205 Å². The lowest BCUT2D eigenvalue weighted by Gasteiger charge is -2.44. The summed E-state index contributed by atoms with van der Waals surface area (Å²) in [6.45, 7) is 19.6. The summed E-state index contributed by atoms with van der Waals surface area (Å²) in [5, 5.41) is 0. The summed E-state index contributed by atoms with van der Waals surface area (Å²) in [4.78, 5) is 17.4. The van der Waals surface area contributed by atoms with E-state index in [1.54, 1.807) is 0 Å². The van der Waals surface area contributed by atoms with Crippen LogP contribution in [0, 0.1) is 5.82 Å². The lowest BCUT2D eigenvalue weighted by molar-refractivity contribution is -0.139. The summed E-state index contributed by atoms with van der Waals surface area (Å²) in [5.74, 6) is 0.577. The molecule has 0 radical (unpaired) electrons. The number of hydrogen-bond donors (Lipinski definition) is 0. The van der Waals surface area contributed by atoms with Crippen LogP contribution in [0.3, 0.4) is 0 Å². The molecular weight excluding hydrogens is 427 g/mol. The minimum Gasteiger partial charge on any atom is -0.483 e. The molecule has 1 heterocycles. The molecule has 5 heteroatoms. The van der Waals surface area contributed by atoms with Crippen molar-refractivity contribution in [3.8, 4) is 5.75 Å². The highest BCUT2D eigenvalue weighted by Crippen LogP contribution is 2.35. The number of benzene rings is 2. The molecule has 2 atom stereocenters. The van der Waals surface area contributed by atoms with Gasteiger partial charge in [0, 0.05) is 31.7 Å². The predicted molar refractivity (Wildman–Crippen MR) is 137 cm³/mol. The van der Waals surface area contributed by atoms with E-state index in [1.807, 2.05) is 23.1 Å². The maximum absolute atomic E-state index is 13.2. The summed E-state index contributed by atoms with van der Waals surface area (Å²) in [6, 6.07) is 13.3. The van der Waals surface area contributed by atoms with Crippen LogP contribution in [0.5, 0.6) is 5.75 Å². The van der Waals surface area contributed by atoms with E-state index in [0.717, 1.165) is 30.0 Å². The van der Waals surface area contributed by atoms with Gasteiger partial charge >= 0.3 is 0 Å². The number of halogens is 1. The molecule has 1 amide bonds. The third kappa shape index (κ3) is 6.38. The van der Waals surface area contributed by atoms with Crippen LogP contribution in [0.4, 0.5) is 4.39 Å². The molecule has 0 aromatic heterocycles. The first-order valence-corrected chi connectivity index (χ1v) is 12.3. The number of rotatable bonds is 5. The smallest absolute Gasteiger partial charge is 0.260 e. The van der Waals surface area contributed by atoms with Gasteiger partial charge in [-0.3, -0.25) is 9.69 Å². The van der Waals surface area contributed by atoms with Crippen LogP contribution in [0.1, 0.15) is 72.1 Å². The van der Waals surface area contributed by atoms with Crippen LogP contribution in [0.25, 0.3) is 0 Å². The van der Waals surface area contributed by atoms with Crippen LogP contribution in [-0.4, -0.2) is 47.5 Å². The van der Waals surface area contributed by atoms with Gasteiger partial charge in [-0.05, 0) is 59.6 Å². The SMILES string of the molecule is C[C@@H]1CN(C(=O)COc2ccc(C(C)(C)C)cc2C(C)(C)C)[C@@H](C)CN1Cc1ccc(F)cc1. The van der Waals surface area contributed by atoms with Crippen molar-refractivity contribution < 1.29 is 13.9 Å². The standard InChI is InChI=1S/C29H41FN2O2/c1-20-17-32(21(2)16-31(20)18-22-9-12-24(30)13-10-22)27(33)19-34-26-14-11-23(28(3,4)5)15-25(26)29(6,7)8/h9-15,20-21H,16-19H2,1-8H3/t20-,21+/m1/s1. The van der Waals surface area contributed by atoms with E-state index in [1.165, 1.54) is 17.7 Å². The molecule has 0 aliphatic carbocycles. The zero-order valence-electron chi connectivity index (χ0n) is 22.1. The van der Waals surface area contributed by atoms with E-state index in [-0.39, 0.29) is 41.2 Å². The Morgan fingerprint density at radius 3 is 2.18 bits per heavy atom. The fourth-order valence-corrected chi connectivity index (χ4v) is 4.52. The summed E-state index contributed by atoms with van der Waals surface area (Å²) in [6.07, 6.45) is 0. The number of ether oxygens (including phenoxy) is 1. The normalized spacial score (nSPS) is 19.9. The molecule has 186 valence electrons. The maximum Gasteiger partial charge on any atom is 0.260 e. The number of amides is 1. The first kappa shape index (κ1) is 26.2. The Morgan fingerprint density at radius 2 is 1.59 bits per heavy atom. The monoisotopic (exact) mass is 468 g/mol. The molecule has 2 aromatic carbocycles. The van der Waals surface area contributed by atoms with Gasteiger partial charge in [0.05, 0.1) is 0 Å². The fourth-order valence-electron chi connectivity index (χ4n) is 4.52. The van der Waals surface area contributed by atoms with E-state index in [9.17, 15) is 9.18 Å².